The number of H-pyrrole nitrogens is 1. The van der Waals surface area contributed by atoms with Crippen molar-refractivity contribution < 1.29 is 0 Å². The number of hydrogen-bond donors (Lipinski definition) is 2. The third-order valence-electron chi connectivity index (χ3n) is 2.88. The van der Waals surface area contributed by atoms with Gasteiger partial charge in [0.15, 0.2) is 0 Å². The Kier molecular flexibility index (Phi) is 2.11. The molecule has 0 unspecified atom stereocenters. The van der Waals surface area contributed by atoms with Crippen LogP contribution in [0.5, 0.6) is 0 Å². The van der Waals surface area contributed by atoms with E-state index in [9.17, 15) is 0 Å². The maximum Gasteiger partial charge on any atom is 0.142 e. The van der Waals surface area contributed by atoms with Crippen molar-refractivity contribution in [1.29, 1.82) is 0 Å². The first-order valence-electron chi connectivity index (χ1n) is 5.02. The van der Waals surface area contributed by atoms with Gasteiger partial charge in [0.25, 0.3) is 0 Å². The molecule has 4 nitrogen and oxygen atoms in total. The highest BCUT2D eigenvalue weighted by atomic mass is 35.5. The lowest BCUT2D eigenvalue weighted by molar-refractivity contribution is 0.347. The summed E-state index contributed by atoms with van der Waals surface area (Å²) in [6.07, 6.45) is 4.51. The van der Waals surface area contributed by atoms with Gasteiger partial charge < -0.3 is 10.3 Å². The molecule has 78 valence electrons. The van der Waals surface area contributed by atoms with Crippen LogP contribution in [0.2, 0.25) is 5.15 Å². The molecule has 0 bridgehead atoms. The number of aromatic amines is 1. The van der Waals surface area contributed by atoms with Gasteiger partial charge in [0.2, 0.25) is 0 Å². The lowest BCUT2D eigenvalue weighted by Gasteiger charge is -2.26. The quantitative estimate of drug-likeness (QED) is 0.755. The van der Waals surface area contributed by atoms with Crippen LogP contribution in [0, 0.1) is 5.92 Å². The van der Waals surface area contributed by atoms with E-state index in [0.29, 0.717) is 5.15 Å². The summed E-state index contributed by atoms with van der Waals surface area (Å²) in [6, 6.07) is 0. The molecule has 0 aromatic carbocycles. The number of hydrogen-bond acceptors (Lipinski definition) is 3. The summed E-state index contributed by atoms with van der Waals surface area (Å²) >= 11 is 6.06. The van der Waals surface area contributed by atoms with E-state index < -0.39 is 0 Å². The van der Waals surface area contributed by atoms with Crippen LogP contribution in [-0.2, 0) is 6.42 Å². The van der Waals surface area contributed by atoms with Gasteiger partial charge in [-0.2, -0.15) is 0 Å². The fourth-order valence-corrected chi connectivity index (χ4v) is 2.21. The first-order valence-corrected chi connectivity index (χ1v) is 5.39. The van der Waals surface area contributed by atoms with Gasteiger partial charge in [-0.1, -0.05) is 11.6 Å². The Morgan fingerprint density at radius 1 is 1.40 bits per heavy atom. The molecule has 2 aromatic heterocycles. The van der Waals surface area contributed by atoms with E-state index >= 15 is 0 Å². The molecule has 2 N–H and O–H groups in total. The second-order valence-electron chi connectivity index (χ2n) is 3.93. The Morgan fingerprint density at radius 3 is 3.00 bits per heavy atom. The van der Waals surface area contributed by atoms with E-state index in [1.54, 1.807) is 0 Å². The summed E-state index contributed by atoms with van der Waals surface area (Å²) in [5.41, 5.74) is 2.05. The number of nitrogens with zero attached hydrogens (tertiary/aromatic N) is 2. The van der Waals surface area contributed by atoms with E-state index in [1.807, 2.05) is 6.20 Å². The van der Waals surface area contributed by atoms with Crippen molar-refractivity contribution in [2.75, 3.05) is 13.1 Å². The molecule has 0 aliphatic carbocycles. The number of halogens is 1. The van der Waals surface area contributed by atoms with Crippen LogP contribution in [0.1, 0.15) is 5.56 Å². The Labute approximate surface area is 92.1 Å². The SMILES string of the molecule is Clc1ncnc2[nH]cc(CC3CNC3)c12. The van der Waals surface area contributed by atoms with Crippen LogP contribution in [0.15, 0.2) is 12.5 Å². The Balaban J connectivity index is 2.02. The molecular formula is C10H11ClN4. The highest BCUT2D eigenvalue weighted by Gasteiger charge is 2.19. The molecule has 1 aliphatic heterocycles. The predicted molar refractivity (Wildman–Crippen MR) is 59.0 cm³/mol. The lowest BCUT2D eigenvalue weighted by atomic mass is 9.95. The molecule has 3 heterocycles. The zero-order valence-electron chi connectivity index (χ0n) is 8.13. The summed E-state index contributed by atoms with van der Waals surface area (Å²) in [6.45, 7) is 2.19. The van der Waals surface area contributed by atoms with Crippen molar-refractivity contribution >= 4 is 22.6 Å². The van der Waals surface area contributed by atoms with Crippen LogP contribution >= 0.6 is 11.6 Å². The number of rotatable bonds is 2. The van der Waals surface area contributed by atoms with E-state index in [-0.39, 0.29) is 0 Å². The van der Waals surface area contributed by atoms with Gasteiger partial charge >= 0.3 is 0 Å². The van der Waals surface area contributed by atoms with E-state index in [0.717, 1.165) is 36.5 Å². The zero-order chi connectivity index (χ0) is 10.3. The Bertz CT molecular complexity index is 489. The van der Waals surface area contributed by atoms with Gasteiger partial charge in [-0.05, 0) is 31.0 Å². The maximum atomic E-state index is 6.06. The van der Waals surface area contributed by atoms with E-state index in [1.165, 1.54) is 11.9 Å². The van der Waals surface area contributed by atoms with Gasteiger partial charge in [0, 0.05) is 6.20 Å². The molecule has 1 saturated heterocycles. The normalized spacial score (nSPS) is 16.9. The molecule has 0 atom stereocenters. The maximum absolute atomic E-state index is 6.06. The van der Waals surface area contributed by atoms with Gasteiger partial charge in [0.05, 0.1) is 5.39 Å². The van der Waals surface area contributed by atoms with E-state index in [2.05, 4.69) is 20.3 Å². The summed E-state index contributed by atoms with van der Waals surface area (Å²) in [5.74, 6) is 0.722. The minimum absolute atomic E-state index is 0.545. The summed E-state index contributed by atoms with van der Waals surface area (Å²) in [7, 11) is 0. The van der Waals surface area contributed by atoms with Crippen LogP contribution in [0.3, 0.4) is 0 Å². The summed E-state index contributed by atoms with van der Waals surface area (Å²) in [5, 5.41) is 4.78. The van der Waals surface area contributed by atoms with Gasteiger partial charge in [-0.3, -0.25) is 0 Å². The molecule has 0 amide bonds. The van der Waals surface area contributed by atoms with Crippen molar-refractivity contribution in [1.82, 2.24) is 20.3 Å². The standard InChI is InChI=1S/C10H11ClN4/c11-9-8-7(1-6-2-12-3-6)4-13-10(8)15-5-14-9/h4-6,12H,1-3H2,(H,13,14,15). The van der Waals surface area contributed by atoms with Gasteiger partial charge in [-0.25, -0.2) is 9.97 Å². The van der Waals surface area contributed by atoms with Crippen LogP contribution in [0.25, 0.3) is 11.0 Å². The number of nitrogens with one attached hydrogen (secondary N) is 2. The molecular weight excluding hydrogens is 212 g/mol. The minimum atomic E-state index is 0.545. The molecule has 0 saturated carbocycles. The minimum Gasteiger partial charge on any atom is -0.346 e. The molecule has 3 rings (SSSR count). The molecule has 0 radical (unpaired) electrons. The third-order valence-corrected chi connectivity index (χ3v) is 3.17. The molecule has 1 aliphatic rings. The monoisotopic (exact) mass is 222 g/mol. The second-order valence-corrected chi connectivity index (χ2v) is 4.29. The van der Waals surface area contributed by atoms with Crippen LogP contribution in [-0.4, -0.2) is 28.0 Å². The van der Waals surface area contributed by atoms with Crippen molar-refractivity contribution in [3.8, 4) is 0 Å². The number of fused-ring (bicyclic) bond motifs is 1. The van der Waals surface area contributed by atoms with Crippen molar-refractivity contribution in [3.05, 3.63) is 23.2 Å². The lowest BCUT2D eigenvalue weighted by Crippen LogP contribution is -2.43. The summed E-state index contributed by atoms with van der Waals surface area (Å²) < 4.78 is 0. The van der Waals surface area contributed by atoms with Gasteiger partial charge in [-0.15, -0.1) is 0 Å². The van der Waals surface area contributed by atoms with Crippen molar-refractivity contribution in [2.45, 2.75) is 6.42 Å². The molecule has 1 fully saturated rings. The molecule has 0 spiro atoms. The van der Waals surface area contributed by atoms with Crippen LogP contribution < -0.4 is 5.32 Å². The molecule has 2 aromatic rings. The smallest absolute Gasteiger partial charge is 0.142 e. The highest BCUT2D eigenvalue weighted by molar-refractivity contribution is 6.34. The fraction of sp³-hybridized carbons (Fsp3) is 0.400. The first-order chi connectivity index (χ1) is 7.34. The number of aromatic nitrogens is 3. The Hall–Kier alpha value is -1.13. The predicted octanol–water partition coefficient (Wildman–Crippen LogP) is 1.37. The largest absolute Gasteiger partial charge is 0.346 e. The average molecular weight is 223 g/mol. The van der Waals surface area contributed by atoms with Crippen LogP contribution in [0.4, 0.5) is 0 Å². The van der Waals surface area contributed by atoms with E-state index in [4.69, 9.17) is 11.6 Å². The highest BCUT2D eigenvalue weighted by Crippen LogP contribution is 2.25. The van der Waals surface area contributed by atoms with Crippen molar-refractivity contribution in [2.24, 2.45) is 5.92 Å². The Morgan fingerprint density at radius 2 is 2.27 bits per heavy atom. The topological polar surface area (TPSA) is 53.6 Å². The average Bonchev–Trinajstić information content (AvgIpc) is 2.56. The van der Waals surface area contributed by atoms with Crippen molar-refractivity contribution in [3.63, 3.8) is 0 Å². The third kappa shape index (κ3) is 1.50. The fourth-order valence-electron chi connectivity index (χ4n) is 1.95. The molecule has 15 heavy (non-hydrogen) atoms. The summed E-state index contributed by atoms with van der Waals surface area (Å²) in [4.78, 5) is 11.3. The second kappa shape index (κ2) is 3.47. The van der Waals surface area contributed by atoms with Gasteiger partial charge in [0.1, 0.15) is 17.1 Å². The first kappa shape index (κ1) is 9.12. The molecule has 5 heteroatoms. The zero-order valence-corrected chi connectivity index (χ0v) is 8.88.